The van der Waals surface area contributed by atoms with Gasteiger partial charge in [0, 0.05) is 36.2 Å². The molecule has 4 aromatic carbocycles. The van der Waals surface area contributed by atoms with Crippen LogP contribution in [0.1, 0.15) is 10.4 Å². The molecule has 5 heteroatoms. The minimum Gasteiger partial charge on any atom is -0.465 e. The summed E-state index contributed by atoms with van der Waals surface area (Å²) in [6.07, 6.45) is 0. The Morgan fingerprint density at radius 2 is 1.69 bits per heavy atom. The standard InChI is InChI=1S/C24H15Br2NO2/c1-29-24(28)17-8-3-2-7-15(17)21-20-13(12-18(25)22(21)26)10-11-16-14-6-4-5-9-19(14)27-23(16)20/h2-12,27H,1H3. The van der Waals surface area contributed by atoms with Crippen molar-refractivity contribution in [3.8, 4) is 11.1 Å². The summed E-state index contributed by atoms with van der Waals surface area (Å²) in [6, 6.07) is 22.2. The predicted octanol–water partition coefficient (Wildman–Crippen LogP) is 7.45. The number of nitrogens with one attached hydrogen (secondary N) is 1. The molecule has 0 radical (unpaired) electrons. The van der Waals surface area contributed by atoms with Gasteiger partial charge in [-0.25, -0.2) is 4.79 Å². The first-order valence-corrected chi connectivity index (χ1v) is 10.7. The first-order chi connectivity index (χ1) is 14.1. The number of fused-ring (bicyclic) bond motifs is 5. The van der Waals surface area contributed by atoms with Gasteiger partial charge in [-0.2, -0.15) is 0 Å². The van der Waals surface area contributed by atoms with Crippen molar-refractivity contribution in [2.75, 3.05) is 7.11 Å². The summed E-state index contributed by atoms with van der Waals surface area (Å²) in [7, 11) is 1.41. The quantitative estimate of drug-likeness (QED) is 0.251. The van der Waals surface area contributed by atoms with Gasteiger partial charge in [-0.3, -0.25) is 0 Å². The van der Waals surface area contributed by atoms with Crippen LogP contribution in [-0.2, 0) is 4.74 Å². The van der Waals surface area contributed by atoms with Crippen LogP contribution in [-0.4, -0.2) is 18.1 Å². The zero-order valence-corrected chi connectivity index (χ0v) is 18.6. The highest BCUT2D eigenvalue weighted by Crippen LogP contribution is 2.45. The van der Waals surface area contributed by atoms with Gasteiger partial charge < -0.3 is 9.72 Å². The third-order valence-corrected chi connectivity index (χ3v) is 7.26. The molecule has 0 aliphatic heterocycles. The maximum Gasteiger partial charge on any atom is 0.338 e. The number of aromatic amines is 1. The van der Waals surface area contributed by atoms with Crippen molar-refractivity contribution in [3.63, 3.8) is 0 Å². The molecule has 1 aromatic heterocycles. The molecule has 5 aromatic rings. The highest BCUT2D eigenvalue weighted by atomic mass is 79.9. The van der Waals surface area contributed by atoms with E-state index in [1.54, 1.807) is 6.07 Å². The Morgan fingerprint density at radius 1 is 0.931 bits per heavy atom. The van der Waals surface area contributed by atoms with Gasteiger partial charge in [0.25, 0.3) is 0 Å². The Bertz CT molecular complexity index is 1440. The lowest BCUT2D eigenvalue weighted by Crippen LogP contribution is -2.04. The van der Waals surface area contributed by atoms with E-state index in [1.165, 1.54) is 12.5 Å². The fourth-order valence-corrected chi connectivity index (χ4v) is 4.97. The fraction of sp³-hybridized carbons (Fsp3) is 0.0417. The molecule has 1 heterocycles. The van der Waals surface area contributed by atoms with E-state index >= 15 is 0 Å². The second-order valence-corrected chi connectivity index (χ2v) is 8.49. The van der Waals surface area contributed by atoms with E-state index in [9.17, 15) is 4.79 Å². The van der Waals surface area contributed by atoms with E-state index in [-0.39, 0.29) is 5.97 Å². The number of hydrogen-bond acceptors (Lipinski definition) is 2. The molecule has 3 nitrogen and oxygen atoms in total. The number of ether oxygens (including phenoxy) is 1. The van der Waals surface area contributed by atoms with Crippen molar-refractivity contribution in [3.05, 3.63) is 81.2 Å². The number of carbonyl (C=O) groups excluding carboxylic acids is 1. The van der Waals surface area contributed by atoms with Crippen molar-refractivity contribution in [2.24, 2.45) is 0 Å². The number of halogens is 2. The van der Waals surface area contributed by atoms with Crippen LogP contribution in [0, 0.1) is 0 Å². The summed E-state index contributed by atoms with van der Waals surface area (Å²) in [4.78, 5) is 16.1. The third kappa shape index (κ3) is 2.80. The molecule has 0 saturated carbocycles. The Morgan fingerprint density at radius 3 is 2.52 bits per heavy atom. The van der Waals surface area contributed by atoms with E-state index < -0.39 is 0 Å². The number of hydrogen-bond donors (Lipinski definition) is 1. The number of benzene rings is 4. The smallest absolute Gasteiger partial charge is 0.338 e. The number of H-pyrrole nitrogens is 1. The van der Waals surface area contributed by atoms with Crippen LogP contribution in [0.2, 0.25) is 0 Å². The Kier molecular flexibility index (Phi) is 4.45. The Balaban J connectivity index is 2.00. The summed E-state index contributed by atoms with van der Waals surface area (Å²) >= 11 is 7.43. The summed E-state index contributed by atoms with van der Waals surface area (Å²) in [5, 5.41) is 4.47. The van der Waals surface area contributed by atoms with Crippen LogP contribution < -0.4 is 0 Å². The third-order valence-electron chi connectivity index (χ3n) is 5.28. The number of para-hydroxylation sites is 1. The van der Waals surface area contributed by atoms with E-state index in [4.69, 9.17) is 4.74 Å². The summed E-state index contributed by atoms with van der Waals surface area (Å²) < 4.78 is 6.86. The lowest BCUT2D eigenvalue weighted by atomic mass is 9.93. The largest absolute Gasteiger partial charge is 0.465 e. The van der Waals surface area contributed by atoms with Crippen LogP contribution in [0.25, 0.3) is 43.7 Å². The first kappa shape index (κ1) is 18.4. The molecule has 29 heavy (non-hydrogen) atoms. The zero-order valence-electron chi connectivity index (χ0n) is 15.4. The summed E-state index contributed by atoms with van der Waals surface area (Å²) in [5.74, 6) is -0.357. The molecule has 0 aliphatic rings. The topological polar surface area (TPSA) is 42.1 Å². The molecule has 0 unspecified atom stereocenters. The molecule has 0 saturated heterocycles. The molecule has 0 amide bonds. The van der Waals surface area contributed by atoms with E-state index in [0.717, 1.165) is 47.3 Å². The van der Waals surface area contributed by atoms with Gasteiger partial charge in [0.05, 0.1) is 18.2 Å². The van der Waals surface area contributed by atoms with Crippen molar-refractivity contribution >= 4 is 70.4 Å². The van der Waals surface area contributed by atoms with Gasteiger partial charge in [-0.05, 0) is 61.0 Å². The molecule has 0 bridgehead atoms. The number of rotatable bonds is 2. The van der Waals surface area contributed by atoms with Crippen molar-refractivity contribution in [2.45, 2.75) is 0 Å². The highest BCUT2D eigenvalue weighted by molar-refractivity contribution is 9.13. The van der Waals surface area contributed by atoms with Gasteiger partial charge in [0.1, 0.15) is 0 Å². The van der Waals surface area contributed by atoms with Crippen molar-refractivity contribution < 1.29 is 9.53 Å². The van der Waals surface area contributed by atoms with E-state index in [2.05, 4.69) is 67.2 Å². The molecule has 0 fully saturated rings. The Labute approximate surface area is 183 Å². The molecule has 142 valence electrons. The molecule has 0 atom stereocenters. The van der Waals surface area contributed by atoms with Crippen LogP contribution in [0.5, 0.6) is 0 Å². The van der Waals surface area contributed by atoms with Gasteiger partial charge in [-0.15, -0.1) is 0 Å². The Hall–Kier alpha value is -2.63. The number of aromatic nitrogens is 1. The first-order valence-electron chi connectivity index (χ1n) is 9.09. The van der Waals surface area contributed by atoms with Crippen LogP contribution in [0.15, 0.2) is 75.7 Å². The normalized spacial score (nSPS) is 11.4. The van der Waals surface area contributed by atoms with Crippen LogP contribution in [0.3, 0.4) is 0 Å². The van der Waals surface area contributed by atoms with E-state index in [0.29, 0.717) is 5.56 Å². The molecule has 5 rings (SSSR count). The van der Waals surface area contributed by atoms with Gasteiger partial charge in [-0.1, -0.05) is 48.5 Å². The van der Waals surface area contributed by atoms with Crippen LogP contribution in [0.4, 0.5) is 0 Å². The maximum atomic E-state index is 12.5. The average Bonchev–Trinajstić information content (AvgIpc) is 3.13. The minimum absolute atomic E-state index is 0.357. The second-order valence-electron chi connectivity index (χ2n) is 6.84. The fourth-order valence-electron chi connectivity index (χ4n) is 4.00. The van der Waals surface area contributed by atoms with Gasteiger partial charge in [0.2, 0.25) is 0 Å². The predicted molar refractivity (Wildman–Crippen MR) is 125 cm³/mol. The maximum absolute atomic E-state index is 12.5. The highest BCUT2D eigenvalue weighted by Gasteiger charge is 2.21. The van der Waals surface area contributed by atoms with Crippen molar-refractivity contribution in [1.29, 1.82) is 0 Å². The molecule has 0 aliphatic carbocycles. The summed E-state index contributed by atoms with van der Waals surface area (Å²) in [6.45, 7) is 0. The minimum atomic E-state index is -0.357. The number of methoxy groups -OCH3 is 1. The van der Waals surface area contributed by atoms with Gasteiger partial charge >= 0.3 is 5.97 Å². The van der Waals surface area contributed by atoms with Crippen LogP contribution >= 0.6 is 31.9 Å². The average molecular weight is 509 g/mol. The summed E-state index contributed by atoms with van der Waals surface area (Å²) in [5.41, 5.74) is 4.44. The second kappa shape index (κ2) is 7.01. The molecule has 0 spiro atoms. The SMILES string of the molecule is COC(=O)c1ccccc1-c1c(Br)c(Br)cc2ccc3c4ccccc4[nH]c3c12. The molecular formula is C24H15Br2NO2. The van der Waals surface area contributed by atoms with Crippen molar-refractivity contribution in [1.82, 2.24) is 4.98 Å². The number of carbonyl (C=O) groups is 1. The van der Waals surface area contributed by atoms with Gasteiger partial charge in [0.15, 0.2) is 0 Å². The lowest BCUT2D eigenvalue weighted by molar-refractivity contribution is 0.0601. The molecular weight excluding hydrogens is 494 g/mol. The number of esters is 1. The molecule has 1 N–H and O–H groups in total. The van der Waals surface area contributed by atoms with E-state index in [1.807, 2.05) is 30.3 Å². The zero-order chi connectivity index (χ0) is 20.1. The monoisotopic (exact) mass is 507 g/mol. The lowest BCUT2D eigenvalue weighted by Gasteiger charge is -2.15.